The molecule has 0 saturated carbocycles. The van der Waals surface area contributed by atoms with Crippen LogP contribution in [0.3, 0.4) is 0 Å². The molecule has 1 N–H and O–H groups in total. The highest BCUT2D eigenvalue weighted by Gasteiger charge is 2.17. The van der Waals surface area contributed by atoms with Crippen molar-refractivity contribution in [1.29, 1.82) is 0 Å². The summed E-state index contributed by atoms with van der Waals surface area (Å²) in [6, 6.07) is 8.25. The van der Waals surface area contributed by atoms with Crippen molar-refractivity contribution in [3.63, 3.8) is 0 Å². The molecule has 0 fully saturated rings. The average Bonchev–Trinajstić information content (AvgIpc) is 2.31. The second kappa shape index (κ2) is 6.51. The Morgan fingerprint density at radius 1 is 1.38 bits per heavy atom. The molecule has 0 aliphatic heterocycles. The molecule has 90 valence electrons. The fourth-order valence-electron chi connectivity index (χ4n) is 1.87. The molecule has 0 spiro atoms. The molecule has 0 aliphatic carbocycles. The van der Waals surface area contributed by atoms with Gasteiger partial charge in [0.15, 0.2) is 0 Å². The molecule has 1 aromatic carbocycles. The van der Waals surface area contributed by atoms with Crippen molar-refractivity contribution in [2.45, 2.75) is 26.0 Å². The monoisotopic (exact) mass is 223 g/mol. The maximum Gasteiger partial charge on any atom is 0.119 e. The van der Waals surface area contributed by atoms with E-state index in [1.54, 1.807) is 7.11 Å². The van der Waals surface area contributed by atoms with Gasteiger partial charge in [-0.1, -0.05) is 12.1 Å². The van der Waals surface area contributed by atoms with Crippen LogP contribution in [0.25, 0.3) is 0 Å². The Labute approximate surface area is 97.8 Å². The number of ether oxygens (including phenoxy) is 2. The Morgan fingerprint density at radius 3 is 2.69 bits per heavy atom. The number of benzene rings is 1. The number of nitrogens with one attached hydrogen (secondary N) is 1. The Balaban J connectivity index is 2.85. The molecule has 0 aromatic heterocycles. The SMILES string of the molecule is CCOC(C)C(NC)c1cccc(OC)c1. The molecule has 0 radical (unpaired) electrons. The van der Waals surface area contributed by atoms with Crippen LogP contribution in [0.5, 0.6) is 5.75 Å². The maximum absolute atomic E-state index is 5.62. The molecule has 0 heterocycles. The smallest absolute Gasteiger partial charge is 0.119 e. The van der Waals surface area contributed by atoms with Gasteiger partial charge in [0.05, 0.1) is 19.3 Å². The summed E-state index contributed by atoms with van der Waals surface area (Å²) in [5.41, 5.74) is 1.18. The summed E-state index contributed by atoms with van der Waals surface area (Å²) in [5.74, 6) is 0.876. The minimum Gasteiger partial charge on any atom is -0.497 e. The molecule has 0 amide bonds. The van der Waals surface area contributed by atoms with Gasteiger partial charge in [-0.25, -0.2) is 0 Å². The highest BCUT2D eigenvalue weighted by molar-refractivity contribution is 5.31. The Morgan fingerprint density at radius 2 is 2.12 bits per heavy atom. The van der Waals surface area contributed by atoms with Crippen LogP contribution < -0.4 is 10.1 Å². The van der Waals surface area contributed by atoms with Crippen LogP contribution in [0.1, 0.15) is 25.5 Å². The van der Waals surface area contributed by atoms with Gasteiger partial charge < -0.3 is 14.8 Å². The molecule has 2 unspecified atom stereocenters. The number of likely N-dealkylation sites (N-methyl/N-ethyl adjacent to an activating group) is 1. The van der Waals surface area contributed by atoms with Crippen molar-refractivity contribution in [2.75, 3.05) is 20.8 Å². The first kappa shape index (κ1) is 13.0. The van der Waals surface area contributed by atoms with Crippen molar-refractivity contribution in [1.82, 2.24) is 5.32 Å². The Kier molecular flexibility index (Phi) is 5.29. The van der Waals surface area contributed by atoms with E-state index in [-0.39, 0.29) is 12.1 Å². The predicted molar refractivity (Wildman–Crippen MR) is 65.9 cm³/mol. The third-order valence-electron chi connectivity index (χ3n) is 2.66. The lowest BCUT2D eigenvalue weighted by Crippen LogP contribution is -2.29. The van der Waals surface area contributed by atoms with E-state index in [1.165, 1.54) is 5.56 Å². The van der Waals surface area contributed by atoms with Crippen molar-refractivity contribution in [2.24, 2.45) is 0 Å². The molecule has 1 aromatic rings. The third kappa shape index (κ3) is 3.22. The quantitative estimate of drug-likeness (QED) is 0.803. The first-order valence-electron chi connectivity index (χ1n) is 5.65. The molecule has 0 bridgehead atoms. The molecule has 0 aliphatic rings. The van der Waals surface area contributed by atoms with Crippen LogP contribution in [-0.4, -0.2) is 26.9 Å². The standard InChI is InChI=1S/C13H21NO2/c1-5-16-10(2)13(14-3)11-7-6-8-12(9-11)15-4/h6-10,13-14H,5H2,1-4H3. The number of hydrogen-bond acceptors (Lipinski definition) is 3. The summed E-state index contributed by atoms with van der Waals surface area (Å²) in [6.07, 6.45) is 0.141. The van der Waals surface area contributed by atoms with Gasteiger partial charge in [-0.2, -0.15) is 0 Å². The maximum atomic E-state index is 5.62. The summed E-state index contributed by atoms with van der Waals surface area (Å²) >= 11 is 0. The van der Waals surface area contributed by atoms with Gasteiger partial charge in [-0.05, 0) is 38.6 Å². The van der Waals surface area contributed by atoms with E-state index >= 15 is 0 Å². The number of rotatable bonds is 6. The van der Waals surface area contributed by atoms with Crippen molar-refractivity contribution >= 4 is 0 Å². The van der Waals surface area contributed by atoms with E-state index in [2.05, 4.69) is 18.3 Å². The second-order valence-corrected chi connectivity index (χ2v) is 3.70. The highest BCUT2D eigenvalue weighted by Crippen LogP contribution is 2.22. The van der Waals surface area contributed by atoms with E-state index in [1.807, 2.05) is 32.2 Å². The molecule has 3 nitrogen and oxygen atoms in total. The summed E-state index contributed by atoms with van der Waals surface area (Å²) in [7, 11) is 3.62. The topological polar surface area (TPSA) is 30.5 Å². The fraction of sp³-hybridized carbons (Fsp3) is 0.538. The number of hydrogen-bond donors (Lipinski definition) is 1. The summed E-state index contributed by atoms with van der Waals surface area (Å²) in [5, 5.41) is 3.27. The van der Waals surface area contributed by atoms with Crippen LogP contribution >= 0.6 is 0 Å². The van der Waals surface area contributed by atoms with Crippen LogP contribution in [0.4, 0.5) is 0 Å². The van der Waals surface area contributed by atoms with Gasteiger partial charge in [0, 0.05) is 6.61 Å². The Bertz CT molecular complexity index is 315. The zero-order valence-electron chi connectivity index (χ0n) is 10.5. The molecule has 2 atom stereocenters. The van der Waals surface area contributed by atoms with Crippen LogP contribution in [0.2, 0.25) is 0 Å². The predicted octanol–water partition coefficient (Wildman–Crippen LogP) is 2.38. The first-order valence-corrected chi connectivity index (χ1v) is 5.65. The van der Waals surface area contributed by atoms with Gasteiger partial charge in [-0.15, -0.1) is 0 Å². The van der Waals surface area contributed by atoms with Crippen molar-refractivity contribution in [3.05, 3.63) is 29.8 Å². The van der Waals surface area contributed by atoms with Gasteiger partial charge in [0.1, 0.15) is 5.75 Å². The Hall–Kier alpha value is -1.06. The van der Waals surface area contributed by atoms with Gasteiger partial charge in [0.2, 0.25) is 0 Å². The molecular formula is C13H21NO2. The molecular weight excluding hydrogens is 202 g/mol. The van der Waals surface area contributed by atoms with Crippen LogP contribution in [-0.2, 0) is 4.74 Å². The van der Waals surface area contributed by atoms with E-state index in [0.29, 0.717) is 0 Å². The lowest BCUT2D eigenvalue weighted by atomic mass is 10.0. The molecule has 0 saturated heterocycles. The van der Waals surface area contributed by atoms with Crippen LogP contribution in [0.15, 0.2) is 24.3 Å². The van der Waals surface area contributed by atoms with E-state index in [4.69, 9.17) is 9.47 Å². The van der Waals surface area contributed by atoms with Crippen LogP contribution in [0, 0.1) is 0 Å². The zero-order valence-corrected chi connectivity index (χ0v) is 10.5. The molecule has 1 rings (SSSR count). The van der Waals surface area contributed by atoms with Gasteiger partial charge >= 0.3 is 0 Å². The minimum absolute atomic E-state index is 0.141. The van der Waals surface area contributed by atoms with Gasteiger partial charge in [0.25, 0.3) is 0 Å². The number of methoxy groups -OCH3 is 1. The largest absolute Gasteiger partial charge is 0.497 e. The lowest BCUT2D eigenvalue weighted by Gasteiger charge is -2.24. The van der Waals surface area contributed by atoms with E-state index < -0.39 is 0 Å². The second-order valence-electron chi connectivity index (χ2n) is 3.70. The normalized spacial score (nSPS) is 14.5. The lowest BCUT2D eigenvalue weighted by molar-refractivity contribution is 0.0493. The summed E-state index contributed by atoms with van der Waals surface area (Å²) < 4.78 is 10.8. The molecule has 3 heteroatoms. The van der Waals surface area contributed by atoms with Gasteiger partial charge in [-0.3, -0.25) is 0 Å². The molecule has 16 heavy (non-hydrogen) atoms. The summed E-state index contributed by atoms with van der Waals surface area (Å²) in [6.45, 7) is 4.81. The van der Waals surface area contributed by atoms with E-state index in [0.717, 1.165) is 12.4 Å². The minimum atomic E-state index is 0.141. The summed E-state index contributed by atoms with van der Waals surface area (Å²) in [4.78, 5) is 0. The average molecular weight is 223 g/mol. The zero-order chi connectivity index (χ0) is 12.0. The first-order chi connectivity index (χ1) is 7.72. The van der Waals surface area contributed by atoms with Crippen molar-refractivity contribution < 1.29 is 9.47 Å². The highest BCUT2D eigenvalue weighted by atomic mass is 16.5. The van der Waals surface area contributed by atoms with E-state index in [9.17, 15) is 0 Å². The third-order valence-corrected chi connectivity index (χ3v) is 2.66. The fourth-order valence-corrected chi connectivity index (χ4v) is 1.87. The van der Waals surface area contributed by atoms with Crippen molar-refractivity contribution in [3.8, 4) is 5.75 Å².